The molecule has 0 aliphatic heterocycles. The lowest BCUT2D eigenvalue weighted by molar-refractivity contribution is 0.587. The zero-order chi connectivity index (χ0) is 20.9. The Kier molecular flexibility index (Phi) is 4.29. The van der Waals surface area contributed by atoms with Crippen LogP contribution in [-0.2, 0) is 16.3 Å². The Hall–Kier alpha value is -3.32. The van der Waals surface area contributed by atoms with Crippen LogP contribution in [0.25, 0.3) is 39.6 Å². The van der Waals surface area contributed by atoms with E-state index in [0.717, 1.165) is 39.9 Å². The highest BCUT2D eigenvalue weighted by molar-refractivity contribution is 7.92. The van der Waals surface area contributed by atoms with E-state index in [1.165, 1.54) is 0 Å². The number of nitrogens with one attached hydrogen (secondary N) is 1. The smallest absolute Gasteiger partial charge is 0.180 e. The summed E-state index contributed by atoms with van der Waals surface area (Å²) in [6, 6.07) is 8.93. The van der Waals surface area contributed by atoms with Crippen LogP contribution in [0.15, 0.2) is 59.9 Å². The quantitative estimate of drug-likeness (QED) is 0.531. The van der Waals surface area contributed by atoms with E-state index in [1.807, 2.05) is 12.4 Å². The lowest BCUT2D eigenvalue weighted by Gasteiger charge is -2.08. The Balaban J connectivity index is 1.56. The van der Waals surface area contributed by atoms with E-state index >= 15 is 0 Å². The fourth-order valence-electron chi connectivity index (χ4n) is 3.61. The van der Waals surface area contributed by atoms with Gasteiger partial charge < -0.3 is 4.98 Å². The van der Waals surface area contributed by atoms with Crippen molar-refractivity contribution >= 4 is 27.1 Å². The molecule has 0 atom stereocenters. The maximum atomic E-state index is 12.4. The molecule has 0 unspecified atom stereocenters. The van der Waals surface area contributed by atoms with Gasteiger partial charge in [0.1, 0.15) is 5.52 Å². The highest BCUT2D eigenvalue weighted by atomic mass is 32.2. The van der Waals surface area contributed by atoms with Crippen LogP contribution in [0.1, 0.15) is 25.1 Å². The van der Waals surface area contributed by atoms with E-state index in [-0.39, 0.29) is 0 Å². The van der Waals surface area contributed by atoms with E-state index < -0.39 is 15.1 Å². The third-order valence-electron chi connectivity index (χ3n) is 5.40. The number of hydrogen-bond donors (Lipinski definition) is 1. The number of aromatic nitrogens is 4. The minimum atomic E-state index is -3.30. The van der Waals surface area contributed by atoms with Crippen molar-refractivity contribution in [1.29, 1.82) is 0 Å². The molecular weight excluding hydrogens is 396 g/mol. The molecule has 0 saturated heterocycles. The van der Waals surface area contributed by atoms with Gasteiger partial charge >= 0.3 is 0 Å². The molecule has 4 aromatic rings. The number of fused-ring (bicyclic) bond motifs is 2. The van der Waals surface area contributed by atoms with Gasteiger partial charge in [0.15, 0.2) is 15.5 Å². The van der Waals surface area contributed by atoms with Crippen LogP contribution in [0.5, 0.6) is 0 Å². The second-order valence-corrected chi connectivity index (χ2v) is 10.1. The normalized spacial score (nSPS) is 13.3. The molecule has 30 heavy (non-hydrogen) atoms. The van der Waals surface area contributed by atoms with Gasteiger partial charge in [-0.05, 0) is 37.6 Å². The van der Waals surface area contributed by atoms with Gasteiger partial charge in [0.2, 0.25) is 0 Å². The summed E-state index contributed by atoms with van der Waals surface area (Å²) in [5.41, 5.74) is 7.10. The first-order valence-electron chi connectivity index (χ1n) is 9.78. The van der Waals surface area contributed by atoms with Crippen molar-refractivity contribution in [2.45, 2.75) is 30.4 Å². The average Bonchev–Trinajstić information content (AvgIpc) is 3.39. The van der Waals surface area contributed by atoms with Crippen LogP contribution in [0.2, 0.25) is 0 Å². The summed E-state index contributed by atoms with van der Waals surface area (Å²) < 4.78 is 24.7. The molecule has 150 valence electrons. The van der Waals surface area contributed by atoms with Crippen molar-refractivity contribution in [3.05, 3.63) is 66.3 Å². The molecular formula is C23H20N4O2S. The molecule has 0 saturated carbocycles. The average molecular weight is 417 g/mol. The number of nitrogens with zero attached hydrogens (tertiary/aromatic N) is 3. The number of aromatic amines is 1. The summed E-state index contributed by atoms with van der Waals surface area (Å²) in [4.78, 5) is 17.4. The van der Waals surface area contributed by atoms with Crippen LogP contribution >= 0.6 is 0 Å². The summed E-state index contributed by atoms with van der Waals surface area (Å²) in [6.45, 7) is 3.36. The van der Waals surface area contributed by atoms with Crippen molar-refractivity contribution in [3.63, 3.8) is 0 Å². The van der Waals surface area contributed by atoms with Crippen molar-refractivity contribution < 1.29 is 8.42 Å². The fraction of sp³-hybridized carbons (Fsp3) is 0.174. The first kappa shape index (κ1) is 18.7. The van der Waals surface area contributed by atoms with Crippen molar-refractivity contribution in [1.82, 2.24) is 19.9 Å². The van der Waals surface area contributed by atoms with Crippen molar-refractivity contribution in [2.75, 3.05) is 0 Å². The lowest BCUT2D eigenvalue weighted by Crippen LogP contribution is -2.13. The number of H-pyrrole nitrogens is 1. The van der Waals surface area contributed by atoms with Crippen LogP contribution in [0.4, 0.5) is 0 Å². The summed E-state index contributed by atoms with van der Waals surface area (Å²) >= 11 is 0. The first-order chi connectivity index (χ1) is 14.4. The predicted octanol–water partition coefficient (Wildman–Crippen LogP) is 4.44. The van der Waals surface area contributed by atoms with Gasteiger partial charge in [0, 0.05) is 35.5 Å². The largest absolute Gasteiger partial charge is 0.344 e. The topological polar surface area (TPSA) is 88.6 Å². The summed E-state index contributed by atoms with van der Waals surface area (Å²) in [6.07, 6.45) is 10.5. The van der Waals surface area contributed by atoms with E-state index in [2.05, 4.69) is 33.2 Å². The molecule has 3 aromatic heterocycles. The molecule has 0 fully saturated rings. The monoisotopic (exact) mass is 416 g/mol. The molecule has 1 aliphatic carbocycles. The third kappa shape index (κ3) is 3.02. The molecule has 0 amide bonds. The Morgan fingerprint density at radius 1 is 1.03 bits per heavy atom. The highest BCUT2D eigenvalue weighted by Crippen LogP contribution is 2.31. The third-order valence-corrected chi connectivity index (χ3v) is 7.57. The molecule has 3 heterocycles. The van der Waals surface area contributed by atoms with Crippen LogP contribution in [-0.4, -0.2) is 33.6 Å². The van der Waals surface area contributed by atoms with Gasteiger partial charge in [-0.2, -0.15) is 0 Å². The van der Waals surface area contributed by atoms with Crippen LogP contribution in [0, 0.1) is 0 Å². The number of pyridine rings is 1. The zero-order valence-electron chi connectivity index (χ0n) is 16.6. The molecule has 6 nitrogen and oxygen atoms in total. The number of benzene rings is 1. The molecule has 1 aromatic carbocycles. The van der Waals surface area contributed by atoms with Gasteiger partial charge in [0.05, 0.1) is 27.7 Å². The maximum Gasteiger partial charge on any atom is 0.180 e. The Labute approximate surface area is 174 Å². The Morgan fingerprint density at radius 2 is 1.83 bits per heavy atom. The van der Waals surface area contributed by atoms with E-state index in [0.29, 0.717) is 16.2 Å². The SMILES string of the molecule is CC(C)S(=O)(=O)c1ccc(-c2cnc3[nH]cc(-c4cnc5c(c4)C=CC5)c3n2)cc1. The predicted molar refractivity (Wildman–Crippen MR) is 118 cm³/mol. The van der Waals surface area contributed by atoms with E-state index in [4.69, 9.17) is 4.98 Å². The van der Waals surface area contributed by atoms with E-state index in [1.54, 1.807) is 44.3 Å². The second-order valence-electron chi connectivity index (χ2n) is 7.64. The van der Waals surface area contributed by atoms with Crippen molar-refractivity contribution in [3.8, 4) is 22.4 Å². The van der Waals surface area contributed by atoms with Gasteiger partial charge in [-0.15, -0.1) is 0 Å². The zero-order valence-corrected chi connectivity index (χ0v) is 17.4. The lowest BCUT2D eigenvalue weighted by atomic mass is 10.1. The molecule has 1 aliphatic rings. The minimum absolute atomic E-state index is 0.315. The molecule has 7 heteroatoms. The summed E-state index contributed by atoms with van der Waals surface area (Å²) in [7, 11) is -3.30. The number of rotatable bonds is 4. The summed E-state index contributed by atoms with van der Waals surface area (Å²) in [5.74, 6) is 0. The van der Waals surface area contributed by atoms with Crippen LogP contribution < -0.4 is 0 Å². The van der Waals surface area contributed by atoms with Gasteiger partial charge in [-0.25, -0.2) is 18.4 Å². The van der Waals surface area contributed by atoms with E-state index in [9.17, 15) is 8.42 Å². The molecule has 0 spiro atoms. The highest BCUT2D eigenvalue weighted by Gasteiger charge is 2.19. The summed E-state index contributed by atoms with van der Waals surface area (Å²) in [5, 5.41) is -0.460. The number of allylic oxidation sites excluding steroid dienone is 1. The Bertz CT molecular complexity index is 1400. The Morgan fingerprint density at radius 3 is 2.60 bits per heavy atom. The molecule has 1 N–H and O–H groups in total. The minimum Gasteiger partial charge on any atom is -0.344 e. The molecule has 5 rings (SSSR count). The first-order valence-corrected chi connectivity index (χ1v) is 11.3. The molecule has 0 radical (unpaired) electrons. The standard InChI is InChI=1S/C23H20N4O2S/c1-14(2)30(28,29)18-8-6-15(7-9-18)21-13-26-23-22(27-21)19(12-25-23)17-10-16-4-3-5-20(16)24-11-17/h3-4,6-14H,5H2,1-2H3,(H,25,26). The van der Waals surface area contributed by atoms with Crippen molar-refractivity contribution in [2.24, 2.45) is 0 Å². The molecule has 0 bridgehead atoms. The van der Waals surface area contributed by atoms with Crippen LogP contribution in [0.3, 0.4) is 0 Å². The van der Waals surface area contributed by atoms with Gasteiger partial charge in [-0.3, -0.25) is 4.98 Å². The fourth-order valence-corrected chi connectivity index (χ4v) is 4.67. The van der Waals surface area contributed by atoms with Gasteiger partial charge in [0.25, 0.3) is 0 Å². The van der Waals surface area contributed by atoms with Gasteiger partial charge in [-0.1, -0.05) is 24.3 Å². The maximum absolute atomic E-state index is 12.4. The number of hydrogen-bond acceptors (Lipinski definition) is 5. The second kappa shape index (κ2) is 6.88. The number of sulfone groups is 1.